The molecule has 2 aliphatic heterocycles. The van der Waals surface area contributed by atoms with Crippen LogP contribution in [0.2, 0.25) is 0 Å². The van der Waals surface area contributed by atoms with Crippen LogP contribution in [0.3, 0.4) is 0 Å². The zero-order chi connectivity index (χ0) is 19.2. The van der Waals surface area contributed by atoms with Gasteiger partial charge in [0.2, 0.25) is 11.8 Å². The average Bonchev–Trinajstić information content (AvgIpc) is 2.68. The van der Waals surface area contributed by atoms with Crippen molar-refractivity contribution in [3.8, 4) is 0 Å². The molecule has 1 unspecified atom stereocenters. The number of fused-ring (bicyclic) bond motifs is 1. The first-order valence-corrected chi connectivity index (χ1v) is 10.0. The summed E-state index contributed by atoms with van der Waals surface area (Å²) in [5, 5.41) is 0. The van der Waals surface area contributed by atoms with Gasteiger partial charge in [0.05, 0.1) is 18.6 Å². The van der Waals surface area contributed by atoms with E-state index in [4.69, 9.17) is 10.5 Å². The summed E-state index contributed by atoms with van der Waals surface area (Å²) in [5.74, 6) is 0.165. The molecule has 0 aliphatic carbocycles. The summed E-state index contributed by atoms with van der Waals surface area (Å²) in [6.45, 7) is 5.06. The normalized spacial score (nSPS) is 20.4. The molecule has 2 amide bonds. The lowest BCUT2D eigenvalue weighted by atomic mass is 9.90. The van der Waals surface area contributed by atoms with Crippen molar-refractivity contribution in [2.24, 2.45) is 5.73 Å². The molecule has 1 saturated heterocycles. The molecule has 6 nitrogen and oxygen atoms in total. The van der Waals surface area contributed by atoms with Crippen molar-refractivity contribution < 1.29 is 14.3 Å². The third kappa shape index (κ3) is 4.87. The second-order valence-corrected chi connectivity index (χ2v) is 7.47. The molecule has 2 N–H and O–H groups in total. The first kappa shape index (κ1) is 19.8. The molecule has 148 valence electrons. The van der Waals surface area contributed by atoms with Gasteiger partial charge in [0.25, 0.3) is 0 Å². The summed E-state index contributed by atoms with van der Waals surface area (Å²) < 4.78 is 5.83. The molecule has 2 aliphatic rings. The van der Waals surface area contributed by atoms with Gasteiger partial charge in [0.15, 0.2) is 0 Å². The number of ether oxygens (including phenoxy) is 1. The van der Waals surface area contributed by atoms with E-state index in [9.17, 15) is 9.59 Å². The van der Waals surface area contributed by atoms with Crippen molar-refractivity contribution in [3.05, 3.63) is 35.4 Å². The Morgan fingerprint density at radius 1 is 1.19 bits per heavy atom. The number of rotatable bonds is 6. The predicted octanol–water partition coefficient (Wildman–Crippen LogP) is 1.88. The van der Waals surface area contributed by atoms with Gasteiger partial charge in [-0.1, -0.05) is 24.3 Å². The minimum atomic E-state index is -0.154. The minimum absolute atomic E-state index is 0.0364. The van der Waals surface area contributed by atoms with Crippen LogP contribution in [0.15, 0.2) is 24.3 Å². The van der Waals surface area contributed by atoms with Crippen LogP contribution in [0.4, 0.5) is 0 Å². The monoisotopic (exact) mass is 373 g/mol. The molecule has 1 aromatic carbocycles. The fourth-order valence-electron chi connectivity index (χ4n) is 4.15. The topological polar surface area (TPSA) is 75.9 Å². The Morgan fingerprint density at radius 2 is 1.93 bits per heavy atom. The highest BCUT2D eigenvalue weighted by Crippen LogP contribution is 2.33. The number of carbonyl (C=O) groups is 2. The summed E-state index contributed by atoms with van der Waals surface area (Å²) in [5.41, 5.74) is 7.87. The number of benzene rings is 1. The van der Waals surface area contributed by atoms with Gasteiger partial charge in [-0.2, -0.15) is 0 Å². The number of piperidine rings is 1. The number of carbonyl (C=O) groups excluding carboxylic acids is 2. The van der Waals surface area contributed by atoms with E-state index in [2.05, 4.69) is 12.1 Å². The lowest BCUT2D eigenvalue weighted by Crippen LogP contribution is -2.45. The first-order chi connectivity index (χ1) is 13.1. The molecule has 1 aromatic rings. The van der Waals surface area contributed by atoms with Gasteiger partial charge in [0, 0.05) is 33.2 Å². The maximum Gasteiger partial charge on any atom is 0.224 e. The van der Waals surface area contributed by atoms with Crippen LogP contribution in [0, 0.1) is 0 Å². The molecule has 2 heterocycles. The largest absolute Gasteiger partial charge is 0.378 e. The van der Waals surface area contributed by atoms with Crippen LogP contribution < -0.4 is 5.73 Å². The smallest absolute Gasteiger partial charge is 0.224 e. The van der Waals surface area contributed by atoms with Crippen LogP contribution in [-0.4, -0.2) is 60.5 Å². The highest BCUT2D eigenvalue weighted by atomic mass is 16.5. The van der Waals surface area contributed by atoms with Crippen LogP contribution >= 0.6 is 0 Å². The van der Waals surface area contributed by atoms with E-state index in [0.29, 0.717) is 26.1 Å². The van der Waals surface area contributed by atoms with Gasteiger partial charge < -0.3 is 20.3 Å². The fraction of sp³-hybridized carbons (Fsp3) is 0.619. The lowest BCUT2D eigenvalue weighted by molar-refractivity contribution is -0.138. The van der Waals surface area contributed by atoms with E-state index in [-0.39, 0.29) is 24.0 Å². The van der Waals surface area contributed by atoms with Crippen molar-refractivity contribution in [2.75, 3.05) is 32.8 Å². The van der Waals surface area contributed by atoms with Gasteiger partial charge >= 0.3 is 0 Å². The third-order valence-corrected chi connectivity index (χ3v) is 5.68. The van der Waals surface area contributed by atoms with E-state index in [1.807, 2.05) is 21.9 Å². The average molecular weight is 373 g/mol. The van der Waals surface area contributed by atoms with Crippen LogP contribution in [0.1, 0.15) is 49.8 Å². The molecule has 1 atom stereocenters. The minimum Gasteiger partial charge on any atom is -0.378 e. The van der Waals surface area contributed by atoms with Crippen molar-refractivity contribution in [1.29, 1.82) is 0 Å². The molecule has 0 bridgehead atoms. The van der Waals surface area contributed by atoms with Gasteiger partial charge in [-0.05, 0) is 43.4 Å². The fourth-order valence-corrected chi connectivity index (χ4v) is 4.15. The zero-order valence-electron chi connectivity index (χ0n) is 16.2. The Kier molecular flexibility index (Phi) is 6.85. The molecular weight excluding hydrogens is 342 g/mol. The van der Waals surface area contributed by atoms with E-state index in [1.54, 1.807) is 6.92 Å². The quantitative estimate of drug-likeness (QED) is 0.773. The van der Waals surface area contributed by atoms with E-state index < -0.39 is 0 Å². The summed E-state index contributed by atoms with van der Waals surface area (Å²) >= 11 is 0. The first-order valence-electron chi connectivity index (χ1n) is 10.0. The number of hydrogen-bond acceptors (Lipinski definition) is 4. The van der Waals surface area contributed by atoms with Crippen LogP contribution in [0.5, 0.6) is 0 Å². The molecular formula is C21H31N3O3. The second-order valence-electron chi connectivity index (χ2n) is 7.47. The SMILES string of the molecule is CC(=O)N1CCc2ccccc2C1CC(=O)N1CCC(OCCCN)CC1. The molecule has 1 fully saturated rings. The molecule has 0 radical (unpaired) electrons. The number of amides is 2. The Bertz CT molecular complexity index is 656. The lowest BCUT2D eigenvalue weighted by Gasteiger charge is -2.38. The van der Waals surface area contributed by atoms with Gasteiger partial charge in [-0.15, -0.1) is 0 Å². The number of hydrogen-bond donors (Lipinski definition) is 1. The number of nitrogens with two attached hydrogens (primary N) is 1. The maximum absolute atomic E-state index is 12.9. The van der Waals surface area contributed by atoms with Gasteiger partial charge in [-0.25, -0.2) is 0 Å². The van der Waals surface area contributed by atoms with Crippen molar-refractivity contribution >= 4 is 11.8 Å². The van der Waals surface area contributed by atoms with E-state index in [0.717, 1.165) is 44.3 Å². The Hall–Kier alpha value is -1.92. The number of likely N-dealkylation sites (tertiary alicyclic amines) is 1. The standard InChI is InChI=1S/C21H31N3O3/c1-16(25)24-13-7-17-5-2-3-6-19(17)20(24)15-21(26)23-11-8-18(9-12-23)27-14-4-10-22/h2-3,5-6,18,20H,4,7-15,22H2,1H3. The van der Waals surface area contributed by atoms with Crippen LogP contribution in [-0.2, 0) is 20.7 Å². The molecule has 3 rings (SSSR count). The zero-order valence-corrected chi connectivity index (χ0v) is 16.2. The van der Waals surface area contributed by atoms with Crippen LogP contribution in [0.25, 0.3) is 0 Å². The van der Waals surface area contributed by atoms with E-state index in [1.165, 1.54) is 5.56 Å². The highest BCUT2D eigenvalue weighted by molar-refractivity contribution is 5.80. The molecule has 0 aromatic heterocycles. The Balaban J connectivity index is 1.60. The predicted molar refractivity (Wildman–Crippen MR) is 104 cm³/mol. The third-order valence-electron chi connectivity index (χ3n) is 5.68. The Morgan fingerprint density at radius 3 is 2.63 bits per heavy atom. The molecule has 6 heteroatoms. The maximum atomic E-state index is 12.9. The van der Waals surface area contributed by atoms with Crippen molar-refractivity contribution in [1.82, 2.24) is 9.80 Å². The van der Waals surface area contributed by atoms with Crippen molar-refractivity contribution in [2.45, 2.75) is 51.2 Å². The highest BCUT2D eigenvalue weighted by Gasteiger charge is 2.33. The number of nitrogens with zero attached hydrogens (tertiary/aromatic N) is 2. The summed E-state index contributed by atoms with van der Waals surface area (Å²) in [7, 11) is 0. The summed E-state index contributed by atoms with van der Waals surface area (Å²) in [6.07, 6.45) is 4.05. The van der Waals surface area contributed by atoms with Crippen molar-refractivity contribution in [3.63, 3.8) is 0 Å². The molecule has 27 heavy (non-hydrogen) atoms. The second kappa shape index (κ2) is 9.33. The Labute approximate surface area is 161 Å². The summed E-state index contributed by atoms with van der Waals surface area (Å²) in [4.78, 5) is 28.8. The molecule has 0 spiro atoms. The molecule has 0 saturated carbocycles. The van der Waals surface area contributed by atoms with Gasteiger partial charge in [-0.3, -0.25) is 9.59 Å². The van der Waals surface area contributed by atoms with E-state index >= 15 is 0 Å². The van der Waals surface area contributed by atoms with Gasteiger partial charge in [0.1, 0.15) is 0 Å². The summed E-state index contributed by atoms with van der Waals surface area (Å²) in [6, 6.07) is 8.02.